The molecule has 0 radical (unpaired) electrons. The molecule has 0 saturated heterocycles. The van der Waals surface area contributed by atoms with E-state index in [0.29, 0.717) is 0 Å². The Bertz CT molecular complexity index is 532. The Morgan fingerprint density at radius 3 is 2.11 bits per heavy atom. The first-order chi connectivity index (χ1) is 8.81. The molecule has 0 spiro atoms. The molecule has 0 saturated carbocycles. The molecule has 0 unspecified atom stereocenters. The molecule has 0 aliphatic carbocycles. The molecule has 0 amide bonds. The summed E-state index contributed by atoms with van der Waals surface area (Å²) in [5.74, 6) is 0.761. The van der Waals surface area contributed by atoms with Crippen LogP contribution in [-0.4, -0.2) is 24.1 Å². The van der Waals surface area contributed by atoms with E-state index in [4.69, 9.17) is 5.41 Å². The molecule has 0 aliphatic heterocycles. The summed E-state index contributed by atoms with van der Waals surface area (Å²) in [6.07, 6.45) is 1.26. The molecule has 18 heavy (non-hydrogen) atoms. The second kappa shape index (κ2) is 5.77. The molecule has 0 heterocycles. The summed E-state index contributed by atoms with van der Waals surface area (Å²) >= 11 is 0. The largest absolute Gasteiger partial charge is 0.320 e. The number of hydrogen-bond donors (Lipinski definition) is 1. The minimum Gasteiger partial charge on any atom is -0.320 e. The Morgan fingerprint density at radius 1 is 1.00 bits per heavy atom. The Morgan fingerprint density at radius 2 is 1.56 bits per heavy atom. The molecule has 90 valence electrons. The van der Waals surface area contributed by atoms with E-state index < -0.39 is 0 Å². The van der Waals surface area contributed by atoms with Gasteiger partial charge in [0.15, 0.2) is 0 Å². The smallest absolute Gasteiger partial charge is 0.141 e. The van der Waals surface area contributed by atoms with Crippen molar-refractivity contribution in [3.8, 4) is 0 Å². The van der Waals surface area contributed by atoms with Crippen LogP contribution in [0.15, 0.2) is 65.7 Å². The maximum atomic E-state index is 7.37. The van der Waals surface area contributed by atoms with Crippen molar-refractivity contribution in [2.75, 3.05) is 7.05 Å². The average molecular weight is 237 g/mol. The molecule has 0 aliphatic rings. The number of hydrogen-bond acceptors (Lipinski definition) is 2. The second-order valence-electron chi connectivity index (χ2n) is 3.88. The van der Waals surface area contributed by atoms with Crippen LogP contribution in [0, 0.1) is 5.41 Å². The summed E-state index contributed by atoms with van der Waals surface area (Å²) in [5, 5.41) is 7.37. The van der Waals surface area contributed by atoms with Gasteiger partial charge in [0.25, 0.3) is 0 Å². The van der Waals surface area contributed by atoms with E-state index in [1.807, 2.05) is 67.7 Å². The van der Waals surface area contributed by atoms with Crippen LogP contribution in [0.2, 0.25) is 0 Å². The minimum atomic E-state index is 0.761. The Labute approximate surface area is 107 Å². The quantitative estimate of drug-likeness (QED) is 0.645. The zero-order valence-electron chi connectivity index (χ0n) is 10.2. The third-order valence-corrected chi connectivity index (χ3v) is 2.55. The highest BCUT2D eigenvalue weighted by atomic mass is 15.2. The van der Waals surface area contributed by atoms with Gasteiger partial charge in [-0.25, -0.2) is 4.99 Å². The second-order valence-corrected chi connectivity index (χ2v) is 3.88. The predicted octanol–water partition coefficient (Wildman–Crippen LogP) is 3.30. The number of benzene rings is 2. The van der Waals surface area contributed by atoms with E-state index in [1.165, 1.54) is 6.34 Å². The van der Waals surface area contributed by atoms with Crippen molar-refractivity contribution in [3.05, 3.63) is 66.2 Å². The van der Waals surface area contributed by atoms with E-state index in [2.05, 4.69) is 4.99 Å². The van der Waals surface area contributed by atoms with Gasteiger partial charge >= 0.3 is 0 Å². The maximum Gasteiger partial charge on any atom is 0.141 e. The van der Waals surface area contributed by atoms with Gasteiger partial charge in [0.1, 0.15) is 5.84 Å². The van der Waals surface area contributed by atoms with Gasteiger partial charge < -0.3 is 4.90 Å². The Kier molecular flexibility index (Phi) is 3.86. The molecule has 0 atom stereocenters. The van der Waals surface area contributed by atoms with Gasteiger partial charge in [-0.2, -0.15) is 0 Å². The minimum absolute atomic E-state index is 0.761. The predicted molar refractivity (Wildman–Crippen MR) is 75.6 cm³/mol. The van der Waals surface area contributed by atoms with Crippen molar-refractivity contribution in [1.29, 1.82) is 5.41 Å². The number of para-hydroxylation sites is 1. The van der Waals surface area contributed by atoms with Crippen LogP contribution >= 0.6 is 0 Å². The average Bonchev–Trinajstić information content (AvgIpc) is 2.46. The number of nitrogens with one attached hydrogen (secondary N) is 1. The van der Waals surface area contributed by atoms with Crippen LogP contribution in [0.1, 0.15) is 5.56 Å². The monoisotopic (exact) mass is 237 g/mol. The van der Waals surface area contributed by atoms with Crippen molar-refractivity contribution < 1.29 is 0 Å². The van der Waals surface area contributed by atoms with E-state index in [1.54, 1.807) is 4.90 Å². The van der Waals surface area contributed by atoms with Gasteiger partial charge in [0.2, 0.25) is 0 Å². The van der Waals surface area contributed by atoms with Gasteiger partial charge in [0, 0.05) is 12.6 Å². The lowest BCUT2D eigenvalue weighted by Gasteiger charge is -2.15. The van der Waals surface area contributed by atoms with Crippen molar-refractivity contribution in [2.24, 2.45) is 4.99 Å². The van der Waals surface area contributed by atoms with Crippen LogP contribution in [-0.2, 0) is 0 Å². The van der Waals surface area contributed by atoms with E-state index in [0.717, 1.165) is 17.1 Å². The summed E-state index contributed by atoms with van der Waals surface area (Å²) in [4.78, 5) is 6.29. The molecule has 3 heteroatoms. The summed E-state index contributed by atoms with van der Waals surface area (Å²) in [6, 6.07) is 19.6. The van der Waals surface area contributed by atoms with Gasteiger partial charge in [-0.3, -0.25) is 5.41 Å². The normalized spacial score (nSPS) is 11.1. The van der Waals surface area contributed by atoms with Crippen molar-refractivity contribution in [1.82, 2.24) is 4.90 Å². The van der Waals surface area contributed by atoms with Crippen LogP contribution in [0.5, 0.6) is 0 Å². The molecule has 1 N–H and O–H groups in total. The fraction of sp³-hybridized carbons (Fsp3) is 0.0667. The summed E-state index contributed by atoms with van der Waals surface area (Å²) in [5.41, 5.74) is 1.87. The highest BCUT2D eigenvalue weighted by molar-refractivity contribution is 6.05. The standard InChI is InChI=1S/C15H15N3/c1-18(12-16)15(13-8-4-2-5-9-13)17-14-10-6-3-7-11-14/h2-12,16H,1H3/b16-12?,17-15+. The molecule has 0 aromatic heterocycles. The van der Waals surface area contributed by atoms with Crippen molar-refractivity contribution in [2.45, 2.75) is 0 Å². The number of amidine groups is 1. The molecule has 3 nitrogen and oxygen atoms in total. The Hall–Kier alpha value is -2.42. The molecular formula is C15H15N3. The summed E-state index contributed by atoms with van der Waals surface area (Å²) in [6.45, 7) is 0. The number of rotatable bonds is 3. The van der Waals surface area contributed by atoms with Crippen LogP contribution < -0.4 is 0 Å². The molecule has 0 bridgehead atoms. The first-order valence-electron chi connectivity index (χ1n) is 5.74. The van der Waals surface area contributed by atoms with E-state index in [9.17, 15) is 0 Å². The lowest BCUT2D eigenvalue weighted by Crippen LogP contribution is -2.25. The van der Waals surface area contributed by atoms with E-state index >= 15 is 0 Å². The first-order valence-corrected chi connectivity index (χ1v) is 5.74. The third kappa shape index (κ3) is 2.83. The topological polar surface area (TPSA) is 39.5 Å². The number of nitrogens with zero attached hydrogens (tertiary/aromatic N) is 2. The summed E-state index contributed by atoms with van der Waals surface area (Å²) < 4.78 is 0. The van der Waals surface area contributed by atoms with Crippen molar-refractivity contribution >= 4 is 17.9 Å². The van der Waals surface area contributed by atoms with Gasteiger partial charge in [-0.05, 0) is 12.1 Å². The van der Waals surface area contributed by atoms with Crippen LogP contribution in [0.3, 0.4) is 0 Å². The Balaban J connectivity index is 2.44. The zero-order chi connectivity index (χ0) is 12.8. The zero-order valence-corrected chi connectivity index (χ0v) is 10.2. The molecule has 2 aromatic carbocycles. The highest BCUT2D eigenvalue weighted by Gasteiger charge is 2.07. The first kappa shape index (κ1) is 12.0. The van der Waals surface area contributed by atoms with Crippen LogP contribution in [0.25, 0.3) is 0 Å². The highest BCUT2D eigenvalue weighted by Crippen LogP contribution is 2.14. The number of aliphatic imine (C=N–C) groups is 1. The fourth-order valence-corrected chi connectivity index (χ4v) is 1.62. The lowest BCUT2D eigenvalue weighted by molar-refractivity contribution is 0.771. The third-order valence-electron chi connectivity index (χ3n) is 2.55. The van der Waals surface area contributed by atoms with Gasteiger partial charge in [-0.15, -0.1) is 0 Å². The van der Waals surface area contributed by atoms with E-state index in [-0.39, 0.29) is 0 Å². The molecule has 0 fully saturated rings. The molecular weight excluding hydrogens is 222 g/mol. The SMILES string of the molecule is CN(C=N)/C(=N/c1ccccc1)c1ccccc1. The molecule has 2 rings (SSSR count). The summed E-state index contributed by atoms with van der Waals surface area (Å²) in [7, 11) is 1.82. The lowest BCUT2D eigenvalue weighted by atomic mass is 10.2. The van der Waals surface area contributed by atoms with Gasteiger partial charge in [-0.1, -0.05) is 48.5 Å². The van der Waals surface area contributed by atoms with Crippen LogP contribution in [0.4, 0.5) is 5.69 Å². The van der Waals surface area contributed by atoms with Crippen molar-refractivity contribution in [3.63, 3.8) is 0 Å². The molecule has 2 aromatic rings. The fourth-order valence-electron chi connectivity index (χ4n) is 1.62. The van der Waals surface area contributed by atoms with Gasteiger partial charge in [0.05, 0.1) is 12.0 Å². The maximum absolute atomic E-state index is 7.37.